The standard InChI is InChI=1S/C44H33N9O26S7/c1-78-21-4-8-26(29(15-21)80(57,58)59)47-52-38-32(83(66,67)68)12-18-11-20(3-6-23(18)41(38)54)46-51-40-33(84(69,70)71)14-19-13-31(82(63,64)65)37(36(45)35(19)43(40)56)50-49-28-10-7-24-25(44(28)86(75,76)77)17-34(85(72,73)74)39(42(24)55)53-48-27-9-5-22(79-2)16-30(27)81(60,61)62/h3-17,54-56H,45H2,1-2H3,(H,57,58,59)(H,60,61,62)(H,63,64,65)(H,66,67,68)(H,69,70,71)(H,72,73,74)(H,75,76,77)/b50-49-,51-46?,52-47-,53-48-. The Hall–Kier alpha value is -8.89. The van der Waals surface area contributed by atoms with E-state index in [-0.39, 0.29) is 22.3 Å². The van der Waals surface area contributed by atoms with E-state index in [1.165, 1.54) is 13.2 Å². The molecule has 0 amide bonds. The third-order valence-corrected chi connectivity index (χ3v) is 18.0. The fraction of sp³-hybridized carbons (Fsp3) is 0.0455. The SMILES string of the molecule is COc1ccc(/N=N\c2c(S(=O)(=O)O)cc3cc(N=Nc4c(S(=O)(=O)O)cc5cc(S(=O)(=O)O)c(/N=N\c6ccc7c(O)c(/N=N\c8ccc(OC)cc8S(=O)(=O)O)c(S(=O)(=O)O)cc7c6S(=O)(=O)O)c(N)c5c4O)ccc3c2O)c(S(=O)(=O)O)c1. The number of ether oxygens (including phenoxy) is 2. The second-order valence-corrected chi connectivity index (χ2v) is 26.9. The van der Waals surface area contributed by atoms with Crippen molar-refractivity contribution in [3.8, 4) is 28.7 Å². The number of benzene rings is 8. The number of nitrogens with zero attached hydrogens (tertiary/aromatic N) is 8. The minimum Gasteiger partial charge on any atom is -0.505 e. The molecule has 0 aliphatic heterocycles. The van der Waals surface area contributed by atoms with Gasteiger partial charge < -0.3 is 30.5 Å². The third kappa shape index (κ3) is 12.6. The predicted molar refractivity (Wildman–Crippen MR) is 293 cm³/mol. The van der Waals surface area contributed by atoms with Crippen molar-refractivity contribution in [2.75, 3.05) is 20.0 Å². The Kier molecular flexibility index (Phi) is 16.3. The number of methoxy groups -OCH3 is 2. The molecule has 8 aromatic carbocycles. The number of anilines is 1. The first-order chi connectivity index (χ1) is 39.6. The highest BCUT2D eigenvalue weighted by molar-refractivity contribution is 7.87. The Bertz CT molecular complexity index is 5280. The number of aromatic hydroxyl groups is 3. The maximum atomic E-state index is 13.1. The van der Waals surface area contributed by atoms with Gasteiger partial charge in [0, 0.05) is 28.3 Å². The van der Waals surface area contributed by atoms with Crippen molar-refractivity contribution in [3.05, 3.63) is 91.0 Å². The topological polar surface area (TPSA) is 585 Å². The second-order valence-electron chi connectivity index (χ2n) is 17.2. The van der Waals surface area contributed by atoms with E-state index < -0.39 is 195 Å². The zero-order valence-electron chi connectivity index (χ0n) is 42.2. The van der Waals surface area contributed by atoms with Crippen molar-refractivity contribution in [1.29, 1.82) is 0 Å². The molecule has 8 aromatic rings. The molecule has 0 radical (unpaired) electrons. The highest BCUT2D eigenvalue weighted by Gasteiger charge is 2.32. The van der Waals surface area contributed by atoms with Crippen LogP contribution in [0.25, 0.3) is 32.3 Å². The number of hydrogen-bond donors (Lipinski definition) is 11. The predicted octanol–water partition coefficient (Wildman–Crippen LogP) is 8.25. The summed E-state index contributed by atoms with van der Waals surface area (Å²) < 4.78 is 257. The molecule has 0 atom stereocenters. The van der Waals surface area contributed by atoms with Gasteiger partial charge in [0.1, 0.15) is 85.6 Å². The molecule has 86 heavy (non-hydrogen) atoms. The van der Waals surface area contributed by atoms with E-state index in [9.17, 15) is 106 Å². The summed E-state index contributed by atoms with van der Waals surface area (Å²) in [7, 11) is -35.8. The van der Waals surface area contributed by atoms with Gasteiger partial charge in [0.05, 0.1) is 31.0 Å². The van der Waals surface area contributed by atoms with Crippen molar-refractivity contribution in [2.45, 2.75) is 34.3 Å². The van der Waals surface area contributed by atoms with Gasteiger partial charge in [0.25, 0.3) is 70.8 Å². The van der Waals surface area contributed by atoms with Gasteiger partial charge in [-0.3, -0.25) is 31.9 Å². The van der Waals surface area contributed by atoms with Crippen LogP contribution in [-0.2, 0) is 70.8 Å². The van der Waals surface area contributed by atoms with E-state index in [2.05, 4.69) is 40.9 Å². The van der Waals surface area contributed by atoms with Gasteiger partial charge in [-0.15, -0.1) is 35.8 Å². The van der Waals surface area contributed by atoms with Crippen molar-refractivity contribution >= 4 is 154 Å². The first-order valence-corrected chi connectivity index (χ1v) is 32.3. The van der Waals surface area contributed by atoms with Crippen LogP contribution in [0.5, 0.6) is 28.7 Å². The van der Waals surface area contributed by atoms with Crippen LogP contribution in [-0.4, -0.2) is 120 Å². The Morgan fingerprint density at radius 1 is 0.349 bits per heavy atom. The van der Waals surface area contributed by atoms with Crippen LogP contribution >= 0.6 is 0 Å². The van der Waals surface area contributed by atoms with E-state index in [0.717, 1.165) is 61.7 Å². The largest absolute Gasteiger partial charge is 0.505 e. The quantitative estimate of drug-likeness (QED) is 0.0232. The molecule has 0 aliphatic rings. The van der Waals surface area contributed by atoms with Crippen LogP contribution in [0, 0.1) is 0 Å². The van der Waals surface area contributed by atoms with Crippen LogP contribution in [0.1, 0.15) is 0 Å². The van der Waals surface area contributed by atoms with E-state index in [1.807, 2.05) is 0 Å². The summed E-state index contributed by atoms with van der Waals surface area (Å²) >= 11 is 0. The Morgan fingerprint density at radius 3 is 1.17 bits per heavy atom. The van der Waals surface area contributed by atoms with E-state index in [1.54, 1.807) is 0 Å². The monoisotopic (exact) mass is 1330 g/mol. The van der Waals surface area contributed by atoms with Crippen molar-refractivity contribution in [3.63, 3.8) is 0 Å². The van der Waals surface area contributed by atoms with Crippen LogP contribution in [0.2, 0.25) is 0 Å². The number of hydrogen-bond acceptors (Lipinski definition) is 28. The lowest BCUT2D eigenvalue weighted by atomic mass is 10.0. The molecule has 452 valence electrons. The molecule has 0 bridgehead atoms. The van der Waals surface area contributed by atoms with Crippen LogP contribution in [0.4, 0.5) is 51.2 Å². The summed E-state index contributed by atoms with van der Waals surface area (Å²) in [5.41, 5.74) is -2.14. The zero-order chi connectivity index (χ0) is 63.8. The number of fused-ring (bicyclic) bond motifs is 3. The van der Waals surface area contributed by atoms with Gasteiger partial charge in [-0.2, -0.15) is 64.0 Å². The minimum atomic E-state index is -5.76. The molecule has 0 unspecified atom stereocenters. The van der Waals surface area contributed by atoms with Crippen molar-refractivity contribution in [2.24, 2.45) is 40.9 Å². The number of nitrogen functional groups attached to an aromatic ring is 1. The lowest BCUT2D eigenvalue weighted by Gasteiger charge is -2.14. The molecule has 0 aliphatic carbocycles. The molecule has 35 nitrogen and oxygen atoms in total. The Balaban J connectivity index is 1.27. The van der Waals surface area contributed by atoms with Gasteiger partial charge in [-0.05, 0) is 89.6 Å². The summed E-state index contributed by atoms with van der Waals surface area (Å²) in [6.45, 7) is 0. The third-order valence-electron chi connectivity index (χ3n) is 11.8. The van der Waals surface area contributed by atoms with Crippen LogP contribution < -0.4 is 15.2 Å². The van der Waals surface area contributed by atoms with Gasteiger partial charge in [0.2, 0.25) is 0 Å². The molecule has 42 heteroatoms. The van der Waals surface area contributed by atoms with Crippen molar-refractivity contribution < 1.29 is 116 Å². The number of phenolic OH excluding ortho intramolecular Hbond substituents is 3. The van der Waals surface area contributed by atoms with Crippen molar-refractivity contribution in [1.82, 2.24) is 0 Å². The Morgan fingerprint density at radius 2 is 0.721 bits per heavy atom. The molecule has 0 heterocycles. The molecule has 0 saturated heterocycles. The second kappa shape index (κ2) is 22.2. The van der Waals surface area contributed by atoms with Crippen LogP contribution in [0.3, 0.4) is 0 Å². The molecule has 12 N–H and O–H groups in total. The maximum absolute atomic E-state index is 13.1. The average Bonchev–Trinajstić information content (AvgIpc) is 0.854. The summed E-state index contributed by atoms with van der Waals surface area (Å²) in [6, 6.07) is 12.1. The first kappa shape index (κ1) is 63.1. The smallest absolute Gasteiger partial charge is 0.297 e. The highest BCUT2D eigenvalue weighted by atomic mass is 32.2. The summed E-state index contributed by atoms with van der Waals surface area (Å²) in [4.78, 5) is -8.64. The van der Waals surface area contributed by atoms with Crippen LogP contribution in [0.15, 0.2) is 166 Å². The lowest BCUT2D eigenvalue weighted by Crippen LogP contribution is -2.04. The van der Waals surface area contributed by atoms with Gasteiger partial charge in [-0.1, -0.05) is 0 Å². The molecule has 0 saturated carbocycles. The van der Waals surface area contributed by atoms with Gasteiger partial charge in [0.15, 0.2) is 17.2 Å². The number of rotatable bonds is 17. The fourth-order valence-electron chi connectivity index (χ4n) is 8.06. The number of azo groups is 4. The fourth-order valence-corrected chi connectivity index (χ4v) is 12.8. The normalized spacial score (nSPS) is 13.4. The molecule has 0 fully saturated rings. The van der Waals surface area contributed by atoms with E-state index in [4.69, 9.17) is 15.2 Å². The maximum Gasteiger partial charge on any atom is 0.297 e. The molecule has 0 spiro atoms. The molecular formula is C44H33N9O26S7. The number of phenols is 3. The van der Waals surface area contributed by atoms with Gasteiger partial charge in [-0.25, -0.2) is 0 Å². The lowest BCUT2D eigenvalue weighted by molar-refractivity contribution is 0.412. The zero-order valence-corrected chi connectivity index (χ0v) is 47.9. The summed E-state index contributed by atoms with van der Waals surface area (Å²) in [6.07, 6.45) is 0. The molecule has 8 rings (SSSR count). The minimum absolute atomic E-state index is 0.0683. The average molecular weight is 1330 g/mol. The molecule has 0 aromatic heterocycles. The van der Waals surface area contributed by atoms with E-state index >= 15 is 0 Å². The first-order valence-electron chi connectivity index (χ1n) is 22.2. The van der Waals surface area contributed by atoms with E-state index in [0.29, 0.717) is 30.3 Å². The summed E-state index contributed by atoms with van der Waals surface area (Å²) in [5.74, 6) is -3.92. The van der Waals surface area contributed by atoms with Gasteiger partial charge >= 0.3 is 0 Å². The highest BCUT2D eigenvalue weighted by Crippen LogP contribution is 2.51. The Labute approximate surface area is 482 Å². The number of nitrogens with two attached hydrogens (primary N) is 1. The molecular weight excluding hydrogens is 1290 g/mol. The summed E-state index contributed by atoms with van der Waals surface area (Å²) in [5, 5.41) is 59.3.